The average molecular weight is 301 g/mol. The van der Waals surface area contributed by atoms with Gasteiger partial charge in [0.2, 0.25) is 0 Å². The molecule has 0 spiro atoms. The Morgan fingerprint density at radius 1 is 1.00 bits per heavy atom. The molecule has 0 aliphatic rings. The van der Waals surface area contributed by atoms with Gasteiger partial charge >= 0.3 is 0 Å². The summed E-state index contributed by atoms with van der Waals surface area (Å²) in [6, 6.07) is 14.7. The van der Waals surface area contributed by atoms with Crippen LogP contribution in [0.2, 0.25) is 0 Å². The van der Waals surface area contributed by atoms with Crippen LogP contribution in [0.15, 0.2) is 42.5 Å². The quantitative estimate of drug-likeness (QED) is 0.890. The highest BCUT2D eigenvalue weighted by molar-refractivity contribution is 5.40. The Morgan fingerprint density at radius 2 is 1.64 bits per heavy atom. The lowest BCUT2D eigenvalue weighted by Gasteiger charge is -2.19. The second kappa shape index (κ2) is 9.23. The van der Waals surface area contributed by atoms with E-state index in [-0.39, 0.29) is 12.5 Å². The Bertz CT molecular complexity index is 561. The van der Waals surface area contributed by atoms with Crippen LogP contribution in [0.4, 0.5) is 0 Å². The number of hydrogen-bond acceptors (Lipinski definition) is 3. The predicted molar refractivity (Wildman–Crippen MR) is 92.6 cm³/mol. The maximum Gasteiger partial charge on any atom is 0.119 e. The molecule has 3 N–H and O–H groups in total. The van der Waals surface area contributed by atoms with Gasteiger partial charge in [0.25, 0.3) is 0 Å². The molecule has 0 aliphatic heterocycles. The van der Waals surface area contributed by atoms with Gasteiger partial charge in [-0.1, -0.05) is 41.5 Å². The summed E-state index contributed by atoms with van der Waals surface area (Å²) < 4.78 is 5.30. The Labute approximate surface area is 133 Å². The molecule has 0 saturated carbocycles. The van der Waals surface area contributed by atoms with Crippen LogP contribution in [-0.4, -0.2) is 25.9 Å². The van der Waals surface area contributed by atoms with Crippen LogP contribution in [0.3, 0.4) is 0 Å². The fraction of sp³-hybridized carbons (Fsp3) is 0.368. The highest BCUT2D eigenvalue weighted by atomic mass is 16.5. The molecule has 0 radical (unpaired) electrons. The van der Waals surface area contributed by atoms with Crippen molar-refractivity contribution in [1.29, 1.82) is 0 Å². The fourth-order valence-electron chi connectivity index (χ4n) is 2.72. The third-order valence-electron chi connectivity index (χ3n) is 3.56. The van der Waals surface area contributed by atoms with Crippen molar-refractivity contribution < 1.29 is 9.84 Å². The van der Waals surface area contributed by atoms with Gasteiger partial charge in [0, 0.05) is 12.5 Å². The van der Waals surface area contributed by atoms with Gasteiger partial charge in [0.05, 0.1) is 7.11 Å². The van der Waals surface area contributed by atoms with Crippen molar-refractivity contribution in [3.63, 3.8) is 0 Å². The van der Waals surface area contributed by atoms with Crippen LogP contribution in [0.5, 0.6) is 5.75 Å². The number of hydrogen-bond donors (Lipinski definition) is 2. The van der Waals surface area contributed by atoms with Crippen LogP contribution in [0.1, 0.15) is 34.6 Å². The smallest absolute Gasteiger partial charge is 0.119 e. The maximum atomic E-state index is 9.39. The van der Waals surface area contributed by atoms with Crippen LogP contribution < -0.4 is 10.5 Å². The molecule has 0 amide bonds. The molecule has 0 fully saturated rings. The molecular weight excluding hydrogens is 274 g/mol. The van der Waals surface area contributed by atoms with Gasteiger partial charge < -0.3 is 15.6 Å². The zero-order valence-electron chi connectivity index (χ0n) is 14.0. The van der Waals surface area contributed by atoms with E-state index in [1.54, 1.807) is 7.11 Å². The van der Waals surface area contributed by atoms with Crippen molar-refractivity contribution in [2.45, 2.75) is 26.2 Å². The van der Waals surface area contributed by atoms with Crippen molar-refractivity contribution >= 4 is 0 Å². The number of aliphatic hydroxyl groups excluding tert-OH is 1. The Hall–Kier alpha value is -1.84. The molecule has 0 bridgehead atoms. The SMILES string of the molecule is CN.COc1cccc(C(CCO)c2cc(C)cc(C)c2)c1. The Morgan fingerprint density at radius 3 is 2.18 bits per heavy atom. The Kier molecular flexibility index (Phi) is 7.64. The van der Waals surface area contributed by atoms with Gasteiger partial charge in [0.1, 0.15) is 5.75 Å². The van der Waals surface area contributed by atoms with E-state index < -0.39 is 0 Å². The first-order chi connectivity index (χ1) is 10.6. The number of nitrogens with two attached hydrogens (primary N) is 1. The summed E-state index contributed by atoms with van der Waals surface area (Å²) in [6.07, 6.45) is 0.718. The molecule has 2 aromatic carbocycles. The second-order valence-corrected chi connectivity index (χ2v) is 5.26. The van der Waals surface area contributed by atoms with Crippen molar-refractivity contribution in [2.24, 2.45) is 5.73 Å². The van der Waals surface area contributed by atoms with Crippen molar-refractivity contribution in [2.75, 3.05) is 20.8 Å². The molecule has 0 aliphatic carbocycles. The molecule has 0 heterocycles. The van der Waals surface area contributed by atoms with E-state index in [2.05, 4.69) is 49.9 Å². The third kappa shape index (κ3) is 4.86. The molecule has 2 aromatic rings. The zero-order chi connectivity index (χ0) is 16.5. The van der Waals surface area contributed by atoms with Crippen LogP contribution in [-0.2, 0) is 0 Å². The molecule has 0 saturated heterocycles. The van der Waals surface area contributed by atoms with E-state index >= 15 is 0 Å². The molecular formula is C19H27NO2. The monoisotopic (exact) mass is 301 g/mol. The highest BCUT2D eigenvalue weighted by Gasteiger charge is 2.15. The lowest BCUT2D eigenvalue weighted by molar-refractivity contribution is 0.281. The van der Waals surface area contributed by atoms with Gasteiger partial charge in [0.15, 0.2) is 0 Å². The molecule has 3 nitrogen and oxygen atoms in total. The minimum absolute atomic E-state index is 0.175. The molecule has 1 atom stereocenters. The standard InChI is InChI=1S/C18H22O2.CH5N/c1-13-9-14(2)11-16(10-13)18(7-8-19)15-5-4-6-17(12-15)20-3;1-2/h4-6,9-12,18-19H,7-8H2,1-3H3;2H2,1H3. The van der Waals surface area contributed by atoms with Crippen molar-refractivity contribution in [1.82, 2.24) is 0 Å². The minimum atomic E-state index is 0.175. The topological polar surface area (TPSA) is 55.5 Å². The number of aliphatic hydroxyl groups is 1. The maximum absolute atomic E-state index is 9.39. The number of rotatable bonds is 5. The lowest BCUT2D eigenvalue weighted by Crippen LogP contribution is -2.05. The first kappa shape index (κ1) is 18.2. The molecule has 120 valence electrons. The first-order valence-corrected chi connectivity index (χ1v) is 7.54. The second-order valence-electron chi connectivity index (χ2n) is 5.26. The number of benzene rings is 2. The van der Waals surface area contributed by atoms with E-state index in [1.165, 1.54) is 29.3 Å². The largest absolute Gasteiger partial charge is 0.497 e. The summed E-state index contributed by atoms with van der Waals surface area (Å²) in [5, 5.41) is 9.39. The summed E-state index contributed by atoms with van der Waals surface area (Å²) >= 11 is 0. The summed E-state index contributed by atoms with van der Waals surface area (Å²) in [6.45, 7) is 4.39. The molecule has 2 rings (SSSR count). The van der Waals surface area contributed by atoms with Gasteiger partial charge in [-0.05, 0) is 50.6 Å². The van der Waals surface area contributed by atoms with E-state index in [1.807, 2.05) is 12.1 Å². The van der Waals surface area contributed by atoms with E-state index in [0.717, 1.165) is 12.2 Å². The van der Waals surface area contributed by atoms with E-state index in [4.69, 9.17) is 4.74 Å². The highest BCUT2D eigenvalue weighted by Crippen LogP contribution is 2.31. The Balaban J connectivity index is 0.00000116. The molecule has 22 heavy (non-hydrogen) atoms. The number of methoxy groups -OCH3 is 1. The number of aryl methyl sites for hydroxylation is 2. The summed E-state index contributed by atoms with van der Waals surface area (Å²) in [4.78, 5) is 0. The summed E-state index contributed by atoms with van der Waals surface area (Å²) in [7, 11) is 3.18. The normalized spacial score (nSPS) is 11.4. The minimum Gasteiger partial charge on any atom is -0.497 e. The van der Waals surface area contributed by atoms with Crippen LogP contribution in [0, 0.1) is 13.8 Å². The third-order valence-corrected chi connectivity index (χ3v) is 3.56. The first-order valence-electron chi connectivity index (χ1n) is 7.54. The molecule has 1 unspecified atom stereocenters. The fourth-order valence-corrected chi connectivity index (χ4v) is 2.72. The zero-order valence-corrected chi connectivity index (χ0v) is 14.0. The molecule has 0 aromatic heterocycles. The molecule has 3 heteroatoms. The average Bonchev–Trinajstić information content (AvgIpc) is 2.53. The summed E-state index contributed by atoms with van der Waals surface area (Å²) in [5.41, 5.74) is 9.45. The number of ether oxygens (including phenoxy) is 1. The predicted octanol–water partition coefficient (Wildman–Crippen LogP) is 3.40. The van der Waals surface area contributed by atoms with Crippen LogP contribution >= 0.6 is 0 Å². The van der Waals surface area contributed by atoms with Gasteiger partial charge in [-0.25, -0.2) is 0 Å². The van der Waals surface area contributed by atoms with Gasteiger partial charge in [-0.3, -0.25) is 0 Å². The lowest BCUT2D eigenvalue weighted by atomic mass is 9.87. The van der Waals surface area contributed by atoms with Crippen LogP contribution in [0.25, 0.3) is 0 Å². The van der Waals surface area contributed by atoms with Crippen molar-refractivity contribution in [3.05, 3.63) is 64.7 Å². The van der Waals surface area contributed by atoms with Gasteiger partial charge in [-0.15, -0.1) is 0 Å². The van der Waals surface area contributed by atoms with E-state index in [0.29, 0.717) is 0 Å². The van der Waals surface area contributed by atoms with Gasteiger partial charge in [-0.2, -0.15) is 0 Å². The van der Waals surface area contributed by atoms with Crippen molar-refractivity contribution in [3.8, 4) is 5.75 Å². The summed E-state index contributed by atoms with van der Waals surface area (Å²) in [5.74, 6) is 1.06. The van der Waals surface area contributed by atoms with E-state index in [9.17, 15) is 5.11 Å².